The maximum atomic E-state index is 10.4. The fourth-order valence-corrected chi connectivity index (χ4v) is 1.84. The summed E-state index contributed by atoms with van der Waals surface area (Å²) < 4.78 is 5.61. The zero-order valence-corrected chi connectivity index (χ0v) is 9.11. The molecular formula is C11H19NO3. The maximum Gasteiger partial charge on any atom is 0.404 e. The minimum atomic E-state index is -0.923. The summed E-state index contributed by atoms with van der Waals surface area (Å²) in [6.45, 7) is 2.63. The number of carbonyl (C=O) groups is 1. The minimum Gasteiger partial charge on any atom is -0.465 e. The van der Waals surface area contributed by atoms with E-state index in [0.29, 0.717) is 12.7 Å². The molecular weight excluding hydrogens is 194 g/mol. The number of carboxylic acid groups (broad SMARTS) is 1. The Morgan fingerprint density at radius 2 is 2.13 bits per heavy atom. The highest BCUT2D eigenvalue weighted by Gasteiger charge is 2.22. The van der Waals surface area contributed by atoms with Crippen LogP contribution in [0.25, 0.3) is 0 Å². The lowest BCUT2D eigenvalue weighted by Crippen LogP contribution is -2.38. The minimum absolute atomic E-state index is 0.115. The van der Waals surface area contributed by atoms with Crippen LogP contribution < -0.4 is 5.32 Å². The van der Waals surface area contributed by atoms with Crippen LogP contribution in [0.5, 0.6) is 0 Å². The predicted octanol–water partition coefficient (Wildman–Crippen LogP) is 2.16. The van der Waals surface area contributed by atoms with Gasteiger partial charge in [-0.05, 0) is 32.6 Å². The highest BCUT2D eigenvalue weighted by Crippen LogP contribution is 2.21. The van der Waals surface area contributed by atoms with E-state index in [9.17, 15) is 4.79 Å². The number of nitrogens with one attached hydrogen (secondary N) is 1. The molecule has 0 heterocycles. The lowest BCUT2D eigenvalue weighted by Gasteiger charge is -2.28. The molecule has 1 aliphatic rings. The van der Waals surface area contributed by atoms with Gasteiger partial charge in [0.15, 0.2) is 0 Å². The fraction of sp³-hybridized carbons (Fsp3) is 0.727. The Balaban J connectivity index is 2.15. The van der Waals surface area contributed by atoms with E-state index >= 15 is 0 Å². The molecule has 1 rings (SSSR count). The molecule has 86 valence electrons. The Kier molecular flexibility index (Phi) is 5.18. The molecule has 0 aliphatic heterocycles. The van der Waals surface area contributed by atoms with E-state index < -0.39 is 6.09 Å². The van der Waals surface area contributed by atoms with Gasteiger partial charge in [-0.15, -0.1) is 0 Å². The molecule has 15 heavy (non-hydrogen) atoms. The van der Waals surface area contributed by atoms with Crippen LogP contribution in [-0.4, -0.2) is 30.0 Å². The molecule has 0 saturated heterocycles. The molecule has 2 N–H and O–H groups in total. The van der Waals surface area contributed by atoms with Gasteiger partial charge in [0, 0.05) is 6.04 Å². The predicted molar refractivity (Wildman–Crippen MR) is 58.0 cm³/mol. The van der Waals surface area contributed by atoms with Crippen LogP contribution in [0.4, 0.5) is 4.79 Å². The lowest BCUT2D eigenvalue weighted by atomic mass is 9.93. The molecule has 0 radical (unpaired) electrons. The summed E-state index contributed by atoms with van der Waals surface area (Å²) in [6.07, 6.45) is 6.99. The van der Waals surface area contributed by atoms with Crippen molar-refractivity contribution >= 4 is 6.09 Å². The van der Waals surface area contributed by atoms with Crippen LogP contribution in [0, 0.1) is 0 Å². The normalized spacial score (nSPS) is 26.7. The van der Waals surface area contributed by atoms with Gasteiger partial charge in [-0.2, -0.15) is 0 Å². The zero-order valence-electron chi connectivity index (χ0n) is 9.11. The number of allylic oxidation sites excluding steroid dienone is 1. The number of ether oxygens (including phenoxy) is 1. The van der Waals surface area contributed by atoms with Gasteiger partial charge in [-0.3, -0.25) is 0 Å². The average molecular weight is 213 g/mol. The second-order valence-electron chi connectivity index (χ2n) is 3.83. The SMILES string of the molecule is C/C=C/COC1CCC(NC(=O)O)CC1. The average Bonchev–Trinajstić information content (AvgIpc) is 2.20. The molecule has 0 aromatic carbocycles. The second-order valence-corrected chi connectivity index (χ2v) is 3.83. The van der Waals surface area contributed by atoms with Crippen molar-refractivity contribution < 1.29 is 14.6 Å². The van der Waals surface area contributed by atoms with Crippen molar-refractivity contribution in [1.82, 2.24) is 5.32 Å². The third-order valence-corrected chi connectivity index (χ3v) is 2.67. The van der Waals surface area contributed by atoms with Crippen molar-refractivity contribution in [1.29, 1.82) is 0 Å². The largest absolute Gasteiger partial charge is 0.465 e. The van der Waals surface area contributed by atoms with Crippen LogP contribution in [-0.2, 0) is 4.74 Å². The molecule has 0 aromatic rings. The van der Waals surface area contributed by atoms with E-state index in [1.54, 1.807) is 0 Å². The highest BCUT2D eigenvalue weighted by molar-refractivity contribution is 5.64. The summed E-state index contributed by atoms with van der Waals surface area (Å²) >= 11 is 0. The quantitative estimate of drug-likeness (QED) is 0.703. The van der Waals surface area contributed by atoms with Gasteiger partial charge in [0.25, 0.3) is 0 Å². The monoisotopic (exact) mass is 213 g/mol. The first-order valence-corrected chi connectivity index (χ1v) is 5.44. The topological polar surface area (TPSA) is 58.6 Å². The third-order valence-electron chi connectivity index (χ3n) is 2.67. The summed E-state index contributed by atoms with van der Waals surface area (Å²) in [5.41, 5.74) is 0. The van der Waals surface area contributed by atoms with E-state index in [4.69, 9.17) is 9.84 Å². The van der Waals surface area contributed by atoms with Gasteiger partial charge < -0.3 is 15.2 Å². The van der Waals surface area contributed by atoms with Crippen LogP contribution in [0.3, 0.4) is 0 Å². The molecule has 0 bridgehead atoms. The Bertz CT molecular complexity index is 220. The molecule has 1 saturated carbocycles. The van der Waals surface area contributed by atoms with Crippen molar-refractivity contribution in [3.8, 4) is 0 Å². The zero-order chi connectivity index (χ0) is 11.1. The van der Waals surface area contributed by atoms with Crippen molar-refractivity contribution in [2.75, 3.05) is 6.61 Å². The summed E-state index contributed by atoms with van der Waals surface area (Å²) in [5.74, 6) is 0. The molecule has 4 nitrogen and oxygen atoms in total. The molecule has 0 aromatic heterocycles. The summed E-state index contributed by atoms with van der Waals surface area (Å²) in [4.78, 5) is 10.4. The van der Waals surface area contributed by atoms with E-state index in [1.165, 1.54) is 0 Å². The fourth-order valence-electron chi connectivity index (χ4n) is 1.84. The first-order valence-electron chi connectivity index (χ1n) is 5.44. The second kappa shape index (κ2) is 6.45. The van der Waals surface area contributed by atoms with Crippen LogP contribution in [0.2, 0.25) is 0 Å². The standard InChI is InChI=1S/C11H19NO3/c1-2-3-8-15-10-6-4-9(5-7-10)12-11(13)14/h2-3,9-10,12H,4-8H2,1H3,(H,13,14)/b3-2+. The summed E-state index contributed by atoms with van der Waals surface area (Å²) in [6, 6.07) is 0.115. The number of hydrogen-bond donors (Lipinski definition) is 2. The van der Waals surface area contributed by atoms with E-state index in [-0.39, 0.29) is 6.04 Å². The Hall–Kier alpha value is -1.03. The Morgan fingerprint density at radius 1 is 1.47 bits per heavy atom. The molecule has 0 unspecified atom stereocenters. The van der Waals surface area contributed by atoms with Gasteiger partial charge in [0.1, 0.15) is 0 Å². The molecule has 0 spiro atoms. The van der Waals surface area contributed by atoms with Crippen LogP contribution in [0.15, 0.2) is 12.2 Å². The molecule has 0 atom stereocenters. The van der Waals surface area contributed by atoms with Crippen LogP contribution in [0.1, 0.15) is 32.6 Å². The highest BCUT2D eigenvalue weighted by atomic mass is 16.5. The Morgan fingerprint density at radius 3 is 2.67 bits per heavy atom. The van der Waals surface area contributed by atoms with Crippen molar-refractivity contribution in [3.05, 3.63) is 12.2 Å². The van der Waals surface area contributed by atoms with Crippen molar-refractivity contribution in [2.45, 2.75) is 44.8 Å². The number of amides is 1. The third kappa shape index (κ3) is 4.83. The van der Waals surface area contributed by atoms with Crippen molar-refractivity contribution in [3.63, 3.8) is 0 Å². The van der Waals surface area contributed by atoms with Crippen molar-refractivity contribution in [2.24, 2.45) is 0 Å². The first kappa shape index (κ1) is 12.0. The van der Waals surface area contributed by atoms with E-state index in [1.807, 2.05) is 19.1 Å². The number of rotatable bonds is 4. The van der Waals surface area contributed by atoms with Gasteiger partial charge in [-0.25, -0.2) is 4.79 Å². The van der Waals surface area contributed by atoms with E-state index in [0.717, 1.165) is 25.7 Å². The van der Waals surface area contributed by atoms with Crippen LogP contribution >= 0.6 is 0 Å². The summed E-state index contributed by atoms with van der Waals surface area (Å²) in [7, 11) is 0. The lowest BCUT2D eigenvalue weighted by molar-refractivity contribution is 0.0396. The Labute approximate surface area is 90.3 Å². The molecule has 1 aliphatic carbocycles. The summed E-state index contributed by atoms with van der Waals surface area (Å²) in [5, 5.41) is 11.1. The molecule has 4 heteroatoms. The van der Waals surface area contributed by atoms with Gasteiger partial charge in [-0.1, -0.05) is 12.2 Å². The number of hydrogen-bond acceptors (Lipinski definition) is 2. The molecule has 1 fully saturated rings. The molecule has 1 amide bonds. The van der Waals surface area contributed by atoms with Gasteiger partial charge in [0.2, 0.25) is 0 Å². The van der Waals surface area contributed by atoms with Gasteiger partial charge >= 0.3 is 6.09 Å². The van der Waals surface area contributed by atoms with E-state index in [2.05, 4.69) is 5.32 Å². The smallest absolute Gasteiger partial charge is 0.404 e. The first-order chi connectivity index (χ1) is 7.22. The maximum absolute atomic E-state index is 10.4. The van der Waals surface area contributed by atoms with Gasteiger partial charge in [0.05, 0.1) is 12.7 Å².